The number of pyridine rings is 1. The summed E-state index contributed by atoms with van der Waals surface area (Å²) in [6, 6.07) is 11.8. The Kier molecular flexibility index (Phi) is 5.24. The molecule has 20 heavy (non-hydrogen) atoms. The van der Waals surface area contributed by atoms with Gasteiger partial charge in [0.2, 0.25) is 0 Å². The minimum Gasteiger partial charge on any atom is -0.490 e. The molecule has 0 spiro atoms. The van der Waals surface area contributed by atoms with Gasteiger partial charge in [0.25, 0.3) is 0 Å². The Morgan fingerprint density at radius 2 is 2.00 bits per heavy atom. The molecule has 4 nitrogen and oxygen atoms in total. The molecule has 0 atom stereocenters. The van der Waals surface area contributed by atoms with Gasteiger partial charge in [-0.3, -0.25) is 0 Å². The van der Waals surface area contributed by atoms with Gasteiger partial charge in [-0.1, -0.05) is 19.1 Å². The van der Waals surface area contributed by atoms with Crippen LogP contribution in [0.2, 0.25) is 0 Å². The van der Waals surface area contributed by atoms with Crippen LogP contribution in [-0.4, -0.2) is 18.1 Å². The van der Waals surface area contributed by atoms with Crippen molar-refractivity contribution in [3.8, 4) is 5.75 Å². The summed E-state index contributed by atoms with van der Waals surface area (Å²) in [6.45, 7) is 3.60. The normalized spacial score (nSPS) is 10.2. The zero-order chi connectivity index (χ0) is 14.2. The molecule has 0 amide bonds. The Balaban J connectivity index is 1.88. The molecule has 2 rings (SSSR count). The van der Waals surface area contributed by atoms with Crippen LogP contribution in [0.25, 0.3) is 0 Å². The topological polar surface area (TPSA) is 60.2 Å². The van der Waals surface area contributed by atoms with Crippen LogP contribution in [0.3, 0.4) is 0 Å². The number of hydrogen-bond acceptors (Lipinski definition) is 4. The molecule has 106 valence electrons. The Morgan fingerprint density at radius 3 is 2.75 bits per heavy atom. The van der Waals surface area contributed by atoms with Crippen LogP contribution in [-0.2, 0) is 6.42 Å². The molecular formula is C16H21N3O. The third-order valence-corrected chi connectivity index (χ3v) is 2.92. The third-order valence-electron chi connectivity index (χ3n) is 2.92. The first-order valence-corrected chi connectivity index (χ1v) is 6.95. The summed E-state index contributed by atoms with van der Waals surface area (Å²) in [5.41, 5.74) is 7.71. The van der Waals surface area contributed by atoms with Crippen LogP contribution < -0.4 is 15.8 Å². The van der Waals surface area contributed by atoms with E-state index in [0.29, 0.717) is 6.61 Å². The summed E-state index contributed by atoms with van der Waals surface area (Å²) in [4.78, 5) is 4.32. The van der Waals surface area contributed by atoms with Crippen LogP contribution >= 0.6 is 0 Å². The highest BCUT2D eigenvalue weighted by atomic mass is 16.5. The summed E-state index contributed by atoms with van der Waals surface area (Å²) in [5.74, 6) is 1.61. The second kappa shape index (κ2) is 7.38. The van der Waals surface area contributed by atoms with Gasteiger partial charge in [-0.05, 0) is 42.7 Å². The molecule has 1 aromatic carbocycles. The highest BCUT2D eigenvalue weighted by Crippen LogP contribution is 2.20. The second-order valence-electron chi connectivity index (χ2n) is 4.62. The molecule has 0 saturated heterocycles. The fourth-order valence-electron chi connectivity index (χ4n) is 1.86. The van der Waals surface area contributed by atoms with Gasteiger partial charge in [-0.2, -0.15) is 0 Å². The number of nitrogens with zero attached hydrogens (tertiary/aromatic N) is 1. The number of nitrogens with one attached hydrogen (secondary N) is 1. The quantitative estimate of drug-likeness (QED) is 0.760. The maximum atomic E-state index is 5.67. The van der Waals surface area contributed by atoms with Crippen LogP contribution in [0.1, 0.15) is 18.9 Å². The maximum absolute atomic E-state index is 5.67. The molecule has 1 aromatic heterocycles. The fourth-order valence-corrected chi connectivity index (χ4v) is 1.86. The van der Waals surface area contributed by atoms with Crippen molar-refractivity contribution in [3.05, 3.63) is 48.2 Å². The third kappa shape index (κ3) is 4.16. The number of nitrogens with two attached hydrogens (primary N) is 1. The van der Waals surface area contributed by atoms with Gasteiger partial charge in [0.05, 0.1) is 6.61 Å². The number of hydrogen-bond donors (Lipinski definition) is 2. The van der Waals surface area contributed by atoms with Crippen molar-refractivity contribution < 1.29 is 4.74 Å². The number of aromatic nitrogens is 1. The van der Waals surface area contributed by atoms with Crippen LogP contribution in [0.5, 0.6) is 5.75 Å². The molecule has 0 unspecified atom stereocenters. The lowest BCUT2D eigenvalue weighted by Gasteiger charge is -2.11. The van der Waals surface area contributed by atoms with E-state index >= 15 is 0 Å². The molecule has 3 N–H and O–H groups in total. The van der Waals surface area contributed by atoms with E-state index < -0.39 is 0 Å². The Bertz CT molecular complexity index is 526. The molecule has 0 radical (unpaired) electrons. The van der Waals surface area contributed by atoms with Gasteiger partial charge in [-0.25, -0.2) is 4.98 Å². The lowest BCUT2D eigenvalue weighted by molar-refractivity contribution is 0.318. The summed E-state index contributed by atoms with van der Waals surface area (Å²) in [6.07, 6.45) is 3.67. The van der Waals surface area contributed by atoms with Gasteiger partial charge >= 0.3 is 0 Å². The van der Waals surface area contributed by atoms with Crippen molar-refractivity contribution in [2.75, 3.05) is 24.2 Å². The SMILES string of the molecule is CCCOc1cccnc1NCCc1ccc(N)cc1. The van der Waals surface area contributed by atoms with E-state index in [0.717, 1.165) is 36.6 Å². The molecular weight excluding hydrogens is 250 g/mol. The summed E-state index contributed by atoms with van der Waals surface area (Å²) < 4.78 is 5.66. The number of benzene rings is 1. The molecule has 0 saturated carbocycles. The van der Waals surface area contributed by atoms with E-state index in [-0.39, 0.29) is 0 Å². The van der Waals surface area contributed by atoms with Crippen LogP contribution in [0, 0.1) is 0 Å². The molecule has 2 aromatic rings. The Labute approximate surface area is 120 Å². The van der Waals surface area contributed by atoms with Gasteiger partial charge in [0.1, 0.15) is 0 Å². The van der Waals surface area contributed by atoms with Crippen LogP contribution in [0.15, 0.2) is 42.6 Å². The first kappa shape index (κ1) is 14.2. The van der Waals surface area contributed by atoms with E-state index in [4.69, 9.17) is 10.5 Å². The van der Waals surface area contributed by atoms with Gasteiger partial charge < -0.3 is 15.8 Å². The first-order chi connectivity index (χ1) is 9.79. The minimum absolute atomic E-state index is 0.707. The van der Waals surface area contributed by atoms with Crippen molar-refractivity contribution >= 4 is 11.5 Å². The Hall–Kier alpha value is -2.23. The van der Waals surface area contributed by atoms with Crippen molar-refractivity contribution in [1.82, 2.24) is 4.98 Å². The molecule has 0 aliphatic carbocycles. The summed E-state index contributed by atoms with van der Waals surface area (Å²) >= 11 is 0. The molecule has 1 heterocycles. The number of anilines is 2. The van der Waals surface area contributed by atoms with Crippen molar-refractivity contribution in [1.29, 1.82) is 0 Å². The smallest absolute Gasteiger partial charge is 0.168 e. The van der Waals surface area contributed by atoms with Gasteiger partial charge in [0.15, 0.2) is 11.6 Å². The fraction of sp³-hybridized carbons (Fsp3) is 0.312. The lowest BCUT2D eigenvalue weighted by atomic mass is 10.1. The highest BCUT2D eigenvalue weighted by molar-refractivity contribution is 5.49. The van der Waals surface area contributed by atoms with Crippen molar-refractivity contribution in [3.63, 3.8) is 0 Å². The molecule has 0 fully saturated rings. The summed E-state index contributed by atoms with van der Waals surface area (Å²) in [7, 11) is 0. The molecule has 0 aliphatic rings. The predicted molar refractivity (Wildman–Crippen MR) is 83.1 cm³/mol. The number of rotatable bonds is 7. The predicted octanol–water partition coefficient (Wildman–Crippen LogP) is 3.11. The minimum atomic E-state index is 0.707. The van der Waals surface area contributed by atoms with E-state index in [1.807, 2.05) is 36.4 Å². The molecule has 0 aliphatic heterocycles. The average molecular weight is 271 g/mol. The van der Waals surface area contributed by atoms with E-state index in [1.165, 1.54) is 5.56 Å². The zero-order valence-corrected chi connectivity index (χ0v) is 11.8. The Morgan fingerprint density at radius 1 is 1.20 bits per heavy atom. The van der Waals surface area contributed by atoms with Crippen molar-refractivity contribution in [2.45, 2.75) is 19.8 Å². The number of nitrogen functional groups attached to an aromatic ring is 1. The van der Waals surface area contributed by atoms with Crippen molar-refractivity contribution in [2.24, 2.45) is 0 Å². The average Bonchev–Trinajstić information content (AvgIpc) is 2.48. The molecule has 4 heteroatoms. The standard InChI is InChI=1S/C16H21N3O/c1-2-12-20-15-4-3-10-18-16(15)19-11-9-13-5-7-14(17)8-6-13/h3-8,10H,2,9,11-12,17H2,1H3,(H,18,19). The monoisotopic (exact) mass is 271 g/mol. The van der Waals surface area contributed by atoms with Gasteiger partial charge in [-0.15, -0.1) is 0 Å². The summed E-state index contributed by atoms with van der Waals surface area (Å²) in [5, 5.41) is 3.32. The van der Waals surface area contributed by atoms with Crippen LogP contribution in [0.4, 0.5) is 11.5 Å². The van der Waals surface area contributed by atoms with Gasteiger partial charge in [0, 0.05) is 18.4 Å². The number of ether oxygens (including phenoxy) is 1. The van der Waals surface area contributed by atoms with E-state index in [9.17, 15) is 0 Å². The van der Waals surface area contributed by atoms with E-state index in [1.54, 1.807) is 6.20 Å². The first-order valence-electron chi connectivity index (χ1n) is 6.95. The highest BCUT2D eigenvalue weighted by Gasteiger charge is 2.03. The molecule has 0 bridgehead atoms. The zero-order valence-electron chi connectivity index (χ0n) is 11.8. The van der Waals surface area contributed by atoms with E-state index in [2.05, 4.69) is 17.2 Å². The maximum Gasteiger partial charge on any atom is 0.168 e. The lowest BCUT2D eigenvalue weighted by Crippen LogP contribution is -2.08. The second-order valence-corrected chi connectivity index (χ2v) is 4.62. The largest absolute Gasteiger partial charge is 0.490 e.